The molecule has 0 radical (unpaired) electrons. The molecule has 0 fully saturated rings. The number of hydrogen-bond donors (Lipinski definition) is 1. The minimum atomic E-state index is 0.443. The lowest BCUT2D eigenvalue weighted by Crippen LogP contribution is -2.17. The van der Waals surface area contributed by atoms with Gasteiger partial charge in [0.15, 0.2) is 5.84 Å². The van der Waals surface area contributed by atoms with Gasteiger partial charge in [-0.15, -0.1) is 0 Å². The highest BCUT2D eigenvalue weighted by Crippen LogP contribution is 2.26. The van der Waals surface area contributed by atoms with Crippen LogP contribution in [0.4, 0.5) is 0 Å². The predicted molar refractivity (Wildman–Crippen MR) is 127 cm³/mol. The third-order valence-corrected chi connectivity index (χ3v) is 4.98. The molecule has 4 aromatic carbocycles. The smallest absolute Gasteiger partial charge is 0.157 e. The third-order valence-electron chi connectivity index (χ3n) is 4.98. The molecule has 0 atom stereocenters. The number of nitrogens with zero attached hydrogens (tertiary/aromatic N) is 2. The maximum atomic E-state index is 6.50. The van der Waals surface area contributed by atoms with Crippen LogP contribution in [0.2, 0.25) is 0 Å². The molecular weight excluding hydrogens is 366 g/mol. The Hall–Kier alpha value is -3.98. The number of aliphatic imine (C=N–C) groups is 2. The second kappa shape index (κ2) is 9.01. The highest BCUT2D eigenvalue weighted by atomic mass is 15.0. The van der Waals surface area contributed by atoms with Gasteiger partial charge in [-0.25, -0.2) is 4.99 Å². The second-order valence-electron chi connectivity index (χ2n) is 6.87. The molecule has 30 heavy (non-hydrogen) atoms. The summed E-state index contributed by atoms with van der Waals surface area (Å²) in [5.41, 5.74) is 12.7. The lowest BCUT2D eigenvalue weighted by molar-refractivity contribution is 1.37. The molecule has 3 nitrogen and oxygen atoms in total. The Kier molecular flexibility index (Phi) is 5.81. The normalized spacial score (nSPS) is 12.0. The quantitative estimate of drug-likeness (QED) is 0.348. The summed E-state index contributed by atoms with van der Waals surface area (Å²) < 4.78 is 0. The maximum Gasteiger partial charge on any atom is 0.157 e. The summed E-state index contributed by atoms with van der Waals surface area (Å²) in [5.74, 6) is 1.05. The molecule has 0 aliphatic carbocycles. The largest absolute Gasteiger partial charge is 0.383 e. The molecule has 0 aliphatic heterocycles. The topological polar surface area (TPSA) is 50.7 Å². The zero-order chi connectivity index (χ0) is 20.8. The Morgan fingerprint density at radius 2 is 1.00 bits per heavy atom. The van der Waals surface area contributed by atoms with Gasteiger partial charge >= 0.3 is 0 Å². The maximum absolute atomic E-state index is 6.50. The SMILES string of the molecule is CN=C(N=C(N)c1ccccc1-c1ccccc1)c1ccccc1-c1ccccc1. The van der Waals surface area contributed by atoms with Crippen molar-refractivity contribution < 1.29 is 0 Å². The van der Waals surface area contributed by atoms with Crippen molar-refractivity contribution in [1.29, 1.82) is 0 Å². The van der Waals surface area contributed by atoms with E-state index >= 15 is 0 Å². The Morgan fingerprint density at radius 1 is 0.567 bits per heavy atom. The summed E-state index contributed by atoms with van der Waals surface area (Å²) in [6, 6.07) is 36.6. The molecular formula is C27H23N3. The number of benzene rings is 4. The van der Waals surface area contributed by atoms with Crippen LogP contribution < -0.4 is 5.73 Å². The van der Waals surface area contributed by atoms with Crippen molar-refractivity contribution >= 4 is 11.7 Å². The molecule has 0 heterocycles. The van der Waals surface area contributed by atoms with Gasteiger partial charge in [-0.2, -0.15) is 0 Å². The van der Waals surface area contributed by atoms with Crippen molar-refractivity contribution in [3.8, 4) is 22.3 Å². The van der Waals surface area contributed by atoms with E-state index in [9.17, 15) is 0 Å². The van der Waals surface area contributed by atoms with Gasteiger partial charge in [-0.1, -0.05) is 109 Å². The average Bonchev–Trinajstić information content (AvgIpc) is 2.83. The summed E-state index contributed by atoms with van der Waals surface area (Å²) in [6.45, 7) is 0. The summed E-state index contributed by atoms with van der Waals surface area (Å²) >= 11 is 0. The first-order chi connectivity index (χ1) is 14.8. The Labute approximate surface area is 177 Å². The van der Waals surface area contributed by atoms with E-state index in [0.717, 1.165) is 33.4 Å². The molecule has 0 bridgehead atoms. The summed E-state index contributed by atoms with van der Waals surface area (Å²) in [5, 5.41) is 0. The average molecular weight is 390 g/mol. The van der Waals surface area contributed by atoms with Crippen LogP contribution in [0.5, 0.6) is 0 Å². The van der Waals surface area contributed by atoms with Gasteiger partial charge in [0.05, 0.1) is 0 Å². The first kappa shape index (κ1) is 19.3. The molecule has 0 saturated heterocycles. The van der Waals surface area contributed by atoms with Crippen LogP contribution in [0, 0.1) is 0 Å². The molecule has 0 aromatic heterocycles. The summed E-state index contributed by atoms with van der Waals surface area (Å²) in [6.07, 6.45) is 0. The van der Waals surface area contributed by atoms with Crippen LogP contribution in [-0.4, -0.2) is 18.7 Å². The molecule has 0 unspecified atom stereocenters. The zero-order valence-electron chi connectivity index (χ0n) is 16.9. The van der Waals surface area contributed by atoms with Gasteiger partial charge in [0.2, 0.25) is 0 Å². The molecule has 0 spiro atoms. The fourth-order valence-electron chi connectivity index (χ4n) is 3.53. The van der Waals surface area contributed by atoms with Crippen molar-refractivity contribution in [2.24, 2.45) is 15.7 Å². The van der Waals surface area contributed by atoms with Crippen LogP contribution in [-0.2, 0) is 0 Å². The molecule has 2 N–H and O–H groups in total. The first-order valence-electron chi connectivity index (χ1n) is 9.88. The van der Waals surface area contributed by atoms with Crippen molar-refractivity contribution in [2.75, 3.05) is 7.05 Å². The Bertz CT molecular complexity index is 1190. The molecule has 0 saturated carbocycles. The van der Waals surface area contributed by atoms with Crippen LogP contribution in [0.15, 0.2) is 119 Å². The molecule has 3 heteroatoms. The monoisotopic (exact) mass is 389 g/mol. The Morgan fingerprint density at radius 3 is 1.53 bits per heavy atom. The lowest BCUT2D eigenvalue weighted by atomic mass is 9.98. The summed E-state index contributed by atoms with van der Waals surface area (Å²) in [4.78, 5) is 9.21. The first-order valence-corrected chi connectivity index (χ1v) is 9.88. The predicted octanol–water partition coefficient (Wildman–Crippen LogP) is 5.80. The van der Waals surface area contributed by atoms with Crippen molar-refractivity contribution in [3.63, 3.8) is 0 Å². The number of hydrogen-bond acceptors (Lipinski definition) is 1. The van der Waals surface area contributed by atoms with E-state index in [1.54, 1.807) is 7.05 Å². The van der Waals surface area contributed by atoms with E-state index in [1.807, 2.05) is 72.8 Å². The van der Waals surface area contributed by atoms with Crippen molar-refractivity contribution in [3.05, 3.63) is 120 Å². The molecule has 0 aliphatic rings. The van der Waals surface area contributed by atoms with Gasteiger partial charge in [0.25, 0.3) is 0 Å². The third kappa shape index (κ3) is 4.06. The van der Waals surface area contributed by atoms with Crippen LogP contribution >= 0.6 is 0 Å². The van der Waals surface area contributed by atoms with E-state index in [1.165, 1.54) is 0 Å². The fourth-order valence-corrected chi connectivity index (χ4v) is 3.53. The van der Waals surface area contributed by atoms with Gasteiger partial charge in [-0.3, -0.25) is 4.99 Å². The van der Waals surface area contributed by atoms with E-state index in [-0.39, 0.29) is 0 Å². The second-order valence-corrected chi connectivity index (χ2v) is 6.87. The molecule has 4 rings (SSSR count). The van der Waals surface area contributed by atoms with E-state index in [2.05, 4.69) is 41.4 Å². The molecule has 4 aromatic rings. The number of nitrogens with two attached hydrogens (primary N) is 1. The zero-order valence-corrected chi connectivity index (χ0v) is 16.9. The van der Waals surface area contributed by atoms with E-state index < -0.39 is 0 Å². The van der Waals surface area contributed by atoms with Crippen LogP contribution in [0.25, 0.3) is 22.3 Å². The van der Waals surface area contributed by atoms with E-state index in [0.29, 0.717) is 11.7 Å². The van der Waals surface area contributed by atoms with Crippen LogP contribution in [0.1, 0.15) is 11.1 Å². The highest BCUT2D eigenvalue weighted by Gasteiger charge is 2.13. The number of amidine groups is 2. The minimum absolute atomic E-state index is 0.443. The van der Waals surface area contributed by atoms with Gasteiger partial charge < -0.3 is 5.73 Å². The van der Waals surface area contributed by atoms with E-state index in [4.69, 9.17) is 10.7 Å². The Balaban J connectivity index is 1.78. The lowest BCUT2D eigenvalue weighted by Gasteiger charge is -2.12. The van der Waals surface area contributed by atoms with Gasteiger partial charge in [-0.05, 0) is 22.3 Å². The molecule has 0 amide bonds. The molecule has 146 valence electrons. The van der Waals surface area contributed by atoms with Crippen molar-refractivity contribution in [1.82, 2.24) is 0 Å². The summed E-state index contributed by atoms with van der Waals surface area (Å²) in [7, 11) is 1.75. The minimum Gasteiger partial charge on any atom is -0.383 e. The standard InChI is InChI=1S/C27H23N3/c1-29-27(25-19-11-9-17-23(25)21-14-6-3-7-15-21)30-26(28)24-18-10-8-16-22(24)20-12-4-2-5-13-20/h2-19H,1H3,(H2,28,29,30). The van der Waals surface area contributed by atoms with Gasteiger partial charge in [0.1, 0.15) is 5.84 Å². The van der Waals surface area contributed by atoms with Crippen molar-refractivity contribution in [2.45, 2.75) is 0 Å². The number of rotatable bonds is 4. The van der Waals surface area contributed by atoms with Gasteiger partial charge in [0, 0.05) is 18.2 Å². The van der Waals surface area contributed by atoms with Crippen LogP contribution in [0.3, 0.4) is 0 Å². The fraction of sp³-hybridized carbons (Fsp3) is 0.0370. The highest BCUT2D eigenvalue weighted by molar-refractivity contribution is 6.15.